The van der Waals surface area contributed by atoms with Crippen LogP contribution in [0.5, 0.6) is 0 Å². The number of carbonyl (C=O) groups excluding carboxylic acids is 2. The van der Waals surface area contributed by atoms with Crippen molar-refractivity contribution in [3.05, 3.63) is 132 Å². The number of hydrogen-bond donors (Lipinski definition) is 1. The minimum Gasteiger partial charge on any atom is -0.383 e. The lowest BCUT2D eigenvalue weighted by atomic mass is 10.0. The Morgan fingerprint density at radius 1 is 0.786 bits per heavy atom. The van der Waals surface area contributed by atoms with Gasteiger partial charge in [-0.25, -0.2) is 4.39 Å². The normalized spacial score (nSPS) is 11.0. The number of amides is 2. The summed E-state index contributed by atoms with van der Waals surface area (Å²) >= 11 is 0. The predicted octanol–water partition coefficient (Wildman–Crippen LogP) is 6.33. The lowest BCUT2D eigenvalue weighted by Gasteiger charge is -2.28. The molecule has 0 aliphatic heterocycles. The molecule has 0 saturated heterocycles. The van der Waals surface area contributed by atoms with E-state index in [0.717, 1.165) is 33.2 Å². The van der Waals surface area contributed by atoms with Crippen LogP contribution in [0.1, 0.15) is 21.5 Å². The van der Waals surface area contributed by atoms with Crippen LogP contribution in [0.25, 0.3) is 22.0 Å². The smallest absolute Gasteiger partial charge is 0.254 e. The van der Waals surface area contributed by atoms with Gasteiger partial charge in [0, 0.05) is 49.4 Å². The first-order chi connectivity index (χ1) is 20.5. The van der Waals surface area contributed by atoms with E-state index in [1.54, 1.807) is 36.3 Å². The number of para-hydroxylation sites is 1. The standard InChI is InChI=1S/C35H34FN3O3/c1-42-22-21-39(35(41)29-15-13-28(14-16-29)27-7-3-2-4-8-27)25-34(40)38(24-26-11-17-31(36)18-12-26)20-19-30-23-37-33-10-6-5-9-32(30)33/h2-18,23,37H,19-22,24-25H2,1H3. The highest BCUT2D eigenvalue weighted by atomic mass is 19.1. The average Bonchev–Trinajstić information content (AvgIpc) is 3.45. The molecule has 2 amide bonds. The van der Waals surface area contributed by atoms with E-state index in [9.17, 15) is 14.0 Å². The van der Waals surface area contributed by atoms with Gasteiger partial charge in [-0.3, -0.25) is 9.59 Å². The number of nitrogens with zero attached hydrogens (tertiary/aromatic N) is 2. The number of benzene rings is 4. The second-order valence-corrected chi connectivity index (χ2v) is 10.2. The number of ether oxygens (including phenoxy) is 1. The minimum absolute atomic E-state index is 0.0995. The zero-order valence-corrected chi connectivity index (χ0v) is 23.6. The fourth-order valence-corrected chi connectivity index (χ4v) is 5.03. The Bertz CT molecular complexity index is 1620. The fraction of sp³-hybridized carbons (Fsp3) is 0.200. The number of aromatic nitrogens is 1. The summed E-state index contributed by atoms with van der Waals surface area (Å²) in [5, 5.41) is 1.11. The number of methoxy groups -OCH3 is 1. The van der Waals surface area contributed by atoms with Crippen molar-refractivity contribution in [3.63, 3.8) is 0 Å². The fourth-order valence-electron chi connectivity index (χ4n) is 5.03. The number of rotatable bonds is 12. The molecule has 1 N–H and O–H groups in total. The van der Waals surface area contributed by atoms with Crippen molar-refractivity contribution in [3.8, 4) is 11.1 Å². The van der Waals surface area contributed by atoms with Crippen molar-refractivity contribution in [1.82, 2.24) is 14.8 Å². The number of H-pyrrole nitrogens is 1. The van der Waals surface area contributed by atoms with Gasteiger partial charge in [-0.05, 0) is 59.0 Å². The van der Waals surface area contributed by atoms with Gasteiger partial charge in [0.05, 0.1) is 6.61 Å². The maximum atomic E-state index is 13.8. The van der Waals surface area contributed by atoms with Gasteiger partial charge in [0.2, 0.25) is 5.91 Å². The van der Waals surface area contributed by atoms with E-state index in [-0.39, 0.29) is 30.7 Å². The number of halogens is 1. The van der Waals surface area contributed by atoms with Gasteiger partial charge in [-0.1, -0.05) is 72.8 Å². The molecule has 5 rings (SSSR count). The van der Waals surface area contributed by atoms with Crippen molar-refractivity contribution in [1.29, 1.82) is 0 Å². The first-order valence-corrected chi connectivity index (χ1v) is 14.0. The lowest BCUT2D eigenvalue weighted by Crippen LogP contribution is -2.44. The lowest BCUT2D eigenvalue weighted by molar-refractivity contribution is -0.132. The topological polar surface area (TPSA) is 65.6 Å². The van der Waals surface area contributed by atoms with Gasteiger partial charge in [0.25, 0.3) is 5.91 Å². The molecule has 0 radical (unpaired) electrons. The highest BCUT2D eigenvalue weighted by Gasteiger charge is 2.23. The van der Waals surface area contributed by atoms with Crippen LogP contribution in [0, 0.1) is 5.82 Å². The molecular weight excluding hydrogens is 529 g/mol. The average molecular weight is 564 g/mol. The van der Waals surface area contributed by atoms with Crippen molar-refractivity contribution >= 4 is 22.7 Å². The zero-order chi connectivity index (χ0) is 29.3. The largest absolute Gasteiger partial charge is 0.383 e. The number of fused-ring (bicyclic) bond motifs is 1. The summed E-state index contributed by atoms with van der Waals surface area (Å²) in [6.45, 7) is 1.22. The Hall–Kier alpha value is -4.75. The minimum atomic E-state index is -0.329. The maximum absolute atomic E-state index is 13.8. The third-order valence-corrected chi connectivity index (χ3v) is 7.38. The van der Waals surface area contributed by atoms with Gasteiger partial charge in [-0.15, -0.1) is 0 Å². The van der Waals surface area contributed by atoms with Crippen LogP contribution < -0.4 is 0 Å². The summed E-state index contributed by atoms with van der Waals surface area (Å²) in [7, 11) is 1.57. The van der Waals surface area contributed by atoms with Crippen molar-refractivity contribution < 1.29 is 18.7 Å². The molecule has 0 atom stereocenters. The van der Waals surface area contributed by atoms with Crippen LogP contribution in [-0.4, -0.2) is 59.9 Å². The summed E-state index contributed by atoms with van der Waals surface area (Å²) in [5.41, 5.74) is 5.54. The van der Waals surface area contributed by atoms with Crippen LogP contribution in [-0.2, 0) is 22.5 Å². The van der Waals surface area contributed by atoms with Crippen molar-refractivity contribution in [2.75, 3.05) is 33.4 Å². The summed E-state index contributed by atoms with van der Waals surface area (Å²) in [6.07, 6.45) is 2.60. The van der Waals surface area contributed by atoms with Crippen LogP contribution in [0.2, 0.25) is 0 Å². The van der Waals surface area contributed by atoms with E-state index in [1.165, 1.54) is 17.0 Å². The summed E-state index contributed by atoms with van der Waals surface area (Å²) in [5.74, 6) is -0.757. The molecule has 0 aliphatic rings. The van der Waals surface area contributed by atoms with Crippen molar-refractivity contribution in [2.45, 2.75) is 13.0 Å². The number of aromatic amines is 1. The summed E-state index contributed by atoms with van der Waals surface area (Å²) < 4.78 is 18.9. The molecule has 214 valence electrons. The zero-order valence-electron chi connectivity index (χ0n) is 23.6. The summed E-state index contributed by atoms with van der Waals surface area (Å²) in [6, 6.07) is 31.6. The van der Waals surface area contributed by atoms with Crippen LogP contribution in [0.4, 0.5) is 4.39 Å². The van der Waals surface area contributed by atoms with Gasteiger partial charge in [0.1, 0.15) is 12.4 Å². The second kappa shape index (κ2) is 13.7. The number of carbonyl (C=O) groups is 2. The highest BCUT2D eigenvalue weighted by molar-refractivity contribution is 5.97. The van der Waals surface area contributed by atoms with Gasteiger partial charge < -0.3 is 19.5 Å². The van der Waals surface area contributed by atoms with E-state index in [1.807, 2.05) is 66.9 Å². The molecule has 0 spiro atoms. The van der Waals surface area contributed by atoms with Crippen LogP contribution >= 0.6 is 0 Å². The van der Waals surface area contributed by atoms with Gasteiger partial charge in [0.15, 0.2) is 0 Å². The third-order valence-electron chi connectivity index (χ3n) is 7.38. The Kier molecular flexibility index (Phi) is 9.41. The molecule has 5 aromatic rings. The Morgan fingerprint density at radius 3 is 2.21 bits per heavy atom. The maximum Gasteiger partial charge on any atom is 0.254 e. The first kappa shape index (κ1) is 28.8. The second-order valence-electron chi connectivity index (χ2n) is 10.2. The van der Waals surface area contributed by atoms with E-state index in [4.69, 9.17) is 4.74 Å². The highest BCUT2D eigenvalue weighted by Crippen LogP contribution is 2.21. The van der Waals surface area contributed by atoms with E-state index in [0.29, 0.717) is 31.7 Å². The van der Waals surface area contributed by atoms with Gasteiger partial charge in [-0.2, -0.15) is 0 Å². The van der Waals surface area contributed by atoms with E-state index >= 15 is 0 Å². The SMILES string of the molecule is COCCN(CC(=O)N(CCc1c[nH]c2ccccc12)Cc1ccc(F)cc1)C(=O)c1ccc(-c2ccccc2)cc1. The molecule has 0 saturated carbocycles. The predicted molar refractivity (Wildman–Crippen MR) is 163 cm³/mol. The molecule has 7 heteroatoms. The molecule has 0 fully saturated rings. The summed E-state index contributed by atoms with van der Waals surface area (Å²) in [4.78, 5) is 34.0. The quantitative estimate of drug-likeness (QED) is 0.193. The molecule has 4 aromatic carbocycles. The monoisotopic (exact) mass is 563 g/mol. The van der Waals surface area contributed by atoms with E-state index in [2.05, 4.69) is 11.1 Å². The molecular formula is C35H34FN3O3. The van der Waals surface area contributed by atoms with Crippen LogP contribution in [0.15, 0.2) is 109 Å². The Morgan fingerprint density at radius 2 is 1.48 bits per heavy atom. The molecule has 1 heterocycles. The molecule has 0 unspecified atom stereocenters. The third kappa shape index (κ3) is 7.11. The van der Waals surface area contributed by atoms with Crippen LogP contribution in [0.3, 0.4) is 0 Å². The molecule has 0 aliphatic carbocycles. The molecule has 1 aromatic heterocycles. The first-order valence-electron chi connectivity index (χ1n) is 14.0. The number of nitrogens with one attached hydrogen (secondary N) is 1. The van der Waals surface area contributed by atoms with E-state index < -0.39 is 0 Å². The molecule has 42 heavy (non-hydrogen) atoms. The number of hydrogen-bond acceptors (Lipinski definition) is 3. The molecule has 0 bridgehead atoms. The Labute approximate surface area is 245 Å². The Balaban J connectivity index is 1.34. The van der Waals surface area contributed by atoms with Crippen molar-refractivity contribution in [2.24, 2.45) is 0 Å². The molecule has 6 nitrogen and oxygen atoms in total. The van der Waals surface area contributed by atoms with Gasteiger partial charge >= 0.3 is 0 Å².